The van der Waals surface area contributed by atoms with Crippen molar-refractivity contribution in [1.29, 1.82) is 0 Å². The minimum atomic E-state index is -0.306. The van der Waals surface area contributed by atoms with Crippen molar-refractivity contribution in [2.75, 3.05) is 12.4 Å². The number of carbonyl (C=O) groups is 1. The predicted octanol–water partition coefficient (Wildman–Crippen LogP) is 4.92. The zero-order valence-corrected chi connectivity index (χ0v) is 15.9. The van der Waals surface area contributed by atoms with E-state index in [-0.39, 0.29) is 18.7 Å². The molecule has 1 atom stereocenters. The molecular formula is C20H19NO3S2. The van der Waals surface area contributed by atoms with Crippen LogP contribution in [0.4, 0.5) is 0 Å². The molecule has 1 fully saturated rings. The van der Waals surface area contributed by atoms with Crippen molar-refractivity contribution in [1.82, 2.24) is 4.98 Å². The summed E-state index contributed by atoms with van der Waals surface area (Å²) in [5.74, 6) is 0.557. The molecule has 0 aliphatic carbocycles. The maximum absolute atomic E-state index is 12.6. The molecule has 2 heterocycles. The van der Waals surface area contributed by atoms with Gasteiger partial charge >= 0.3 is 5.97 Å². The van der Waals surface area contributed by atoms with Crippen molar-refractivity contribution in [2.24, 2.45) is 0 Å². The molecule has 134 valence electrons. The molecule has 0 N–H and O–H groups in total. The van der Waals surface area contributed by atoms with Crippen LogP contribution in [0.5, 0.6) is 0 Å². The van der Waals surface area contributed by atoms with Gasteiger partial charge in [0.1, 0.15) is 11.6 Å². The summed E-state index contributed by atoms with van der Waals surface area (Å²) in [5, 5.41) is 0.809. The lowest BCUT2D eigenvalue weighted by atomic mass is 10.2. The van der Waals surface area contributed by atoms with Crippen LogP contribution in [-0.4, -0.2) is 29.4 Å². The van der Waals surface area contributed by atoms with Crippen LogP contribution in [0.15, 0.2) is 53.4 Å². The highest BCUT2D eigenvalue weighted by Gasteiger charge is 2.18. The third kappa shape index (κ3) is 4.09. The van der Waals surface area contributed by atoms with Crippen LogP contribution >= 0.6 is 23.1 Å². The average molecular weight is 386 g/mol. The fourth-order valence-electron chi connectivity index (χ4n) is 2.91. The van der Waals surface area contributed by atoms with Crippen LogP contribution in [0.25, 0.3) is 10.2 Å². The number of hydrogen-bond acceptors (Lipinski definition) is 6. The molecular weight excluding hydrogens is 366 g/mol. The second-order valence-corrected chi connectivity index (χ2v) is 8.27. The number of rotatable bonds is 6. The lowest BCUT2D eigenvalue weighted by Gasteiger charge is -2.11. The quantitative estimate of drug-likeness (QED) is 0.445. The second kappa shape index (κ2) is 8.20. The maximum Gasteiger partial charge on any atom is 0.339 e. The Bertz CT molecular complexity index is 870. The first-order chi connectivity index (χ1) is 12.8. The van der Waals surface area contributed by atoms with E-state index < -0.39 is 0 Å². The summed E-state index contributed by atoms with van der Waals surface area (Å²) in [6.07, 6.45) is 2.50. The molecule has 3 aromatic rings. The van der Waals surface area contributed by atoms with E-state index in [1.165, 1.54) is 0 Å². The van der Waals surface area contributed by atoms with Gasteiger partial charge in [0.25, 0.3) is 0 Å². The van der Waals surface area contributed by atoms with Gasteiger partial charge in [-0.2, -0.15) is 0 Å². The number of esters is 1. The Morgan fingerprint density at radius 1 is 1.23 bits per heavy atom. The summed E-state index contributed by atoms with van der Waals surface area (Å²) in [7, 11) is 0. The van der Waals surface area contributed by atoms with Gasteiger partial charge in [0.05, 0.1) is 21.9 Å². The predicted molar refractivity (Wildman–Crippen MR) is 105 cm³/mol. The molecule has 1 aliphatic rings. The molecule has 0 radical (unpaired) electrons. The molecule has 0 amide bonds. The fourth-order valence-corrected chi connectivity index (χ4v) is 4.90. The SMILES string of the molecule is O=C(OCc1nc2ccccc2s1)c1ccccc1SC[C@@H]1CCCO1. The summed E-state index contributed by atoms with van der Waals surface area (Å²) < 4.78 is 12.3. The Hall–Kier alpha value is -1.89. The van der Waals surface area contributed by atoms with Gasteiger partial charge in [-0.1, -0.05) is 24.3 Å². The minimum absolute atomic E-state index is 0.197. The van der Waals surface area contributed by atoms with E-state index in [0.717, 1.165) is 45.3 Å². The van der Waals surface area contributed by atoms with Crippen LogP contribution in [0.2, 0.25) is 0 Å². The van der Waals surface area contributed by atoms with Crippen LogP contribution in [0, 0.1) is 0 Å². The Labute approximate surface area is 160 Å². The smallest absolute Gasteiger partial charge is 0.339 e. The molecule has 0 spiro atoms. The van der Waals surface area contributed by atoms with Gasteiger partial charge in [-0.15, -0.1) is 23.1 Å². The second-order valence-electron chi connectivity index (χ2n) is 6.09. The summed E-state index contributed by atoms with van der Waals surface area (Å²) in [5.41, 5.74) is 1.55. The lowest BCUT2D eigenvalue weighted by Crippen LogP contribution is -2.10. The number of ether oxygens (including phenoxy) is 2. The van der Waals surface area contributed by atoms with Crippen molar-refractivity contribution in [3.05, 3.63) is 59.1 Å². The van der Waals surface area contributed by atoms with Gasteiger partial charge < -0.3 is 9.47 Å². The number of fused-ring (bicyclic) bond motifs is 1. The highest BCUT2D eigenvalue weighted by atomic mass is 32.2. The number of para-hydroxylation sites is 1. The van der Waals surface area contributed by atoms with E-state index in [1.54, 1.807) is 23.1 Å². The zero-order valence-electron chi connectivity index (χ0n) is 14.2. The van der Waals surface area contributed by atoms with E-state index in [9.17, 15) is 4.79 Å². The molecule has 0 bridgehead atoms. The highest BCUT2D eigenvalue weighted by molar-refractivity contribution is 7.99. The van der Waals surface area contributed by atoms with Gasteiger partial charge in [0.15, 0.2) is 0 Å². The molecule has 1 saturated heterocycles. The number of thioether (sulfide) groups is 1. The molecule has 2 aromatic carbocycles. The normalized spacial score (nSPS) is 16.8. The highest BCUT2D eigenvalue weighted by Crippen LogP contribution is 2.28. The van der Waals surface area contributed by atoms with Gasteiger partial charge in [-0.05, 0) is 37.1 Å². The van der Waals surface area contributed by atoms with Crippen LogP contribution < -0.4 is 0 Å². The first-order valence-electron chi connectivity index (χ1n) is 8.64. The van der Waals surface area contributed by atoms with E-state index in [4.69, 9.17) is 9.47 Å². The molecule has 0 saturated carbocycles. The minimum Gasteiger partial charge on any atom is -0.455 e. The Morgan fingerprint density at radius 2 is 2.08 bits per heavy atom. The largest absolute Gasteiger partial charge is 0.455 e. The number of benzene rings is 2. The third-order valence-electron chi connectivity index (χ3n) is 4.22. The molecule has 4 rings (SSSR count). The van der Waals surface area contributed by atoms with Gasteiger partial charge in [-0.25, -0.2) is 9.78 Å². The maximum atomic E-state index is 12.6. The number of hydrogen-bond donors (Lipinski definition) is 0. The Morgan fingerprint density at radius 3 is 2.92 bits per heavy atom. The molecule has 4 nitrogen and oxygen atoms in total. The summed E-state index contributed by atoms with van der Waals surface area (Å²) in [4.78, 5) is 18.0. The zero-order chi connectivity index (χ0) is 17.8. The van der Waals surface area contributed by atoms with Crippen LogP contribution in [0.3, 0.4) is 0 Å². The van der Waals surface area contributed by atoms with Crippen LogP contribution in [-0.2, 0) is 16.1 Å². The molecule has 1 aromatic heterocycles. The monoisotopic (exact) mass is 385 g/mol. The van der Waals surface area contributed by atoms with E-state index in [1.807, 2.05) is 48.5 Å². The van der Waals surface area contributed by atoms with Crippen molar-refractivity contribution < 1.29 is 14.3 Å². The Balaban J connectivity index is 1.40. The van der Waals surface area contributed by atoms with Gasteiger partial charge in [0, 0.05) is 17.3 Å². The Kier molecular flexibility index (Phi) is 5.53. The fraction of sp³-hybridized carbons (Fsp3) is 0.300. The molecule has 0 unspecified atom stereocenters. The van der Waals surface area contributed by atoms with Gasteiger partial charge in [-0.3, -0.25) is 0 Å². The van der Waals surface area contributed by atoms with Crippen molar-refractivity contribution in [3.63, 3.8) is 0 Å². The average Bonchev–Trinajstić information content (AvgIpc) is 3.33. The van der Waals surface area contributed by atoms with Crippen LogP contribution in [0.1, 0.15) is 28.2 Å². The molecule has 6 heteroatoms. The van der Waals surface area contributed by atoms with Crippen molar-refractivity contribution >= 4 is 39.3 Å². The first-order valence-corrected chi connectivity index (χ1v) is 10.4. The van der Waals surface area contributed by atoms with E-state index >= 15 is 0 Å². The first kappa shape index (κ1) is 17.5. The van der Waals surface area contributed by atoms with Crippen molar-refractivity contribution in [3.8, 4) is 0 Å². The number of carbonyl (C=O) groups excluding carboxylic acids is 1. The van der Waals surface area contributed by atoms with E-state index in [2.05, 4.69) is 4.98 Å². The number of thiazole rings is 1. The molecule has 1 aliphatic heterocycles. The van der Waals surface area contributed by atoms with E-state index in [0.29, 0.717) is 5.56 Å². The number of nitrogens with zero attached hydrogens (tertiary/aromatic N) is 1. The topological polar surface area (TPSA) is 48.4 Å². The standard InChI is InChI=1S/C20H19NO3S2/c22-20(24-12-19-21-16-8-2-4-10-18(16)26-19)15-7-1-3-9-17(15)25-13-14-6-5-11-23-14/h1-4,7-10,14H,5-6,11-13H2/t14-/m0/s1. The summed E-state index contributed by atoms with van der Waals surface area (Å²) >= 11 is 3.21. The number of aromatic nitrogens is 1. The third-order valence-corrected chi connectivity index (χ3v) is 6.44. The molecule has 26 heavy (non-hydrogen) atoms. The van der Waals surface area contributed by atoms with Crippen molar-refractivity contribution in [2.45, 2.75) is 30.4 Å². The summed E-state index contributed by atoms with van der Waals surface area (Å²) in [6, 6.07) is 15.5. The van der Waals surface area contributed by atoms with Gasteiger partial charge in [0.2, 0.25) is 0 Å². The summed E-state index contributed by atoms with van der Waals surface area (Å²) in [6.45, 7) is 1.04. The lowest BCUT2D eigenvalue weighted by molar-refractivity contribution is 0.0468.